The summed E-state index contributed by atoms with van der Waals surface area (Å²) in [5, 5.41) is 2.84. The summed E-state index contributed by atoms with van der Waals surface area (Å²) in [6.07, 6.45) is 2.21. The molecule has 0 atom stereocenters. The molecule has 1 heterocycles. The second kappa shape index (κ2) is 4.91. The molecule has 0 spiro atoms. The van der Waals surface area contributed by atoms with Gasteiger partial charge in [0.1, 0.15) is 0 Å². The second-order valence-electron chi connectivity index (χ2n) is 4.16. The number of carbonyl (C=O) groups excluding carboxylic acids is 1. The standard InChI is InChI=1S/C13H16N2O2/c1-15(2)12-5-3-11(4-6-12)14-13(16)10-7-8-17-9-10/h3-6,9H,7-8H2,1-2H3,(H,14,16). The molecule has 0 unspecified atom stereocenters. The minimum Gasteiger partial charge on any atom is -0.500 e. The molecular formula is C13H16N2O2. The molecule has 2 rings (SSSR count). The summed E-state index contributed by atoms with van der Waals surface area (Å²) in [6, 6.07) is 7.72. The van der Waals surface area contributed by atoms with Crippen LogP contribution in [0, 0.1) is 0 Å². The number of hydrogen-bond acceptors (Lipinski definition) is 3. The zero-order chi connectivity index (χ0) is 12.3. The van der Waals surface area contributed by atoms with Crippen molar-refractivity contribution in [3.63, 3.8) is 0 Å². The second-order valence-corrected chi connectivity index (χ2v) is 4.16. The number of nitrogens with zero attached hydrogens (tertiary/aromatic N) is 1. The van der Waals surface area contributed by atoms with Gasteiger partial charge in [-0.1, -0.05) is 0 Å². The number of amides is 1. The number of hydrogen-bond donors (Lipinski definition) is 1. The third-order valence-corrected chi connectivity index (χ3v) is 2.65. The Bertz CT molecular complexity index is 435. The van der Waals surface area contributed by atoms with Gasteiger partial charge < -0.3 is 15.0 Å². The summed E-state index contributed by atoms with van der Waals surface area (Å²) in [7, 11) is 3.96. The van der Waals surface area contributed by atoms with Gasteiger partial charge in [0.05, 0.1) is 18.4 Å². The fourth-order valence-corrected chi connectivity index (χ4v) is 1.61. The molecule has 4 heteroatoms. The van der Waals surface area contributed by atoms with E-state index in [9.17, 15) is 4.79 Å². The normalized spacial score (nSPS) is 13.9. The van der Waals surface area contributed by atoms with Gasteiger partial charge in [0.25, 0.3) is 5.91 Å². The Morgan fingerprint density at radius 3 is 2.53 bits per heavy atom. The van der Waals surface area contributed by atoms with E-state index in [1.165, 1.54) is 6.26 Å². The van der Waals surface area contributed by atoms with E-state index in [0.717, 1.165) is 11.4 Å². The lowest BCUT2D eigenvalue weighted by molar-refractivity contribution is -0.112. The molecule has 1 aromatic rings. The van der Waals surface area contributed by atoms with Crippen LogP contribution >= 0.6 is 0 Å². The Kier molecular flexibility index (Phi) is 3.32. The van der Waals surface area contributed by atoms with Gasteiger partial charge in [-0.05, 0) is 24.3 Å². The molecule has 17 heavy (non-hydrogen) atoms. The molecule has 0 fully saturated rings. The highest BCUT2D eigenvalue weighted by atomic mass is 16.5. The number of ether oxygens (including phenoxy) is 1. The highest BCUT2D eigenvalue weighted by Crippen LogP contribution is 2.18. The van der Waals surface area contributed by atoms with Gasteiger partial charge in [-0.15, -0.1) is 0 Å². The van der Waals surface area contributed by atoms with Crippen molar-refractivity contribution < 1.29 is 9.53 Å². The summed E-state index contributed by atoms with van der Waals surface area (Å²) < 4.78 is 5.04. The first-order valence-corrected chi connectivity index (χ1v) is 5.56. The Morgan fingerprint density at radius 2 is 2.00 bits per heavy atom. The SMILES string of the molecule is CN(C)c1ccc(NC(=O)C2=COCC2)cc1. The first kappa shape index (κ1) is 11.5. The quantitative estimate of drug-likeness (QED) is 0.866. The van der Waals surface area contributed by atoms with Crippen LogP contribution in [-0.2, 0) is 9.53 Å². The zero-order valence-electron chi connectivity index (χ0n) is 10.1. The lowest BCUT2D eigenvalue weighted by Gasteiger charge is -2.13. The molecule has 0 saturated carbocycles. The van der Waals surface area contributed by atoms with Crippen LogP contribution < -0.4 is 10.2 Å². The van der Waals surface area contributed by atoms with Crippen molar-refractivity contribution in [2.45, 2.75) is 6.42 Å². The molecule has 0 aromatic heterocycles. The van der Waals surface area contributed by atoms with Crippen LogP contribution in [0.1, 0.15) is 6.42 Å². The largest absolute Gasteiger partial charge is 0.500 e. The maximum atomic E-state index is 11.8. The molecule has 1 aliphatic rings. The van der Waals surface area contributed by atoms with E-state index in [0.29, 0.717) is 18.6 Å². The Labute approximate surface area is 101 Å². The zero-order valence-corrected chi connectivity index (χ0v) is 10.1. The van der Waals surface area contributed by atoms with Gasteiger partial charge in [-0.3, -0.25) is 4.79 Å². The minimum atomic E-state index is -0.0832. The summed E-state index contributed by atoms with van der Waals surface area (Å²) in [6.45, 7) is 0.600. The lowest BCUT2D eigenvalue weighted by atomic mass is 10.2. The van der Waals surface area contributed by atoms with E-state index in [2.05, 4.69) is 5.32 Å². The monoisotopic (exact) mass is 232 g/mol. The van der Waals surface area contributed by atoms with E-state index < -0.39 is 0 Å². The van der Waals surface area contributed by atoms with Crippen LogP contribution in [0.2, 0.25) is 0 Å². The molecule has 0 radical (unpaired) electrons. The van der Waals surface area contributed by atoms with Gasteiger partial charge in [0.15, 0.2) is 0 Å². The highest BCUT2D eigenvalue weighted by molar-refractivity contribution is 6.03. The number of benzene rings is 1. The van der Waals surface area contributed by atoms with E-state index in [4.69, 9.17) is 4.74 Å². The van der Waals surface area contributed by atoms with Crippen molar-refractivity contribution in [3.05, 3.63) is 36.1 Å². The average Bonchev–Trinajstić information content (AvgIpc) is 2.83. The van der Waals surface area contributed by atoms with Crippen LogP contribution in [-0.4, -0.2) is 26.6 Å². The molecule has 1 aromatic carbocycles. The van der Waals surface area contributed by atoms with Gasteiger partial charge in [0.2, 0.25) is 0 Å². The van der Waals surface area contributed by atoms with Crippen molar-refractivity contribution in [3.8, 4) is 0 Å². The summed E-state index contributed by atoms with van der Waals surface area (Å²) in [5.41, 5.74) is 2.60. The molecule has 0 aliphatic carbocycles. The van der Waals surface area contributed by atoms with Crippen molar-refractivity contribution >= 4 is 17.3 Å². The van der Waals surface area contributed by atoms with Gasteiger partial charge in [-0.25, -0.2) is 0 Å². The minimum absolute atomic E-state index is 0.0832. The fraction of sp³-hybridized carbons (Fsp3) is 0.308. The molecule has 1 N–H and O–H groups in total. The van der Waals surface area contributed by atoms with Gasteiger partial charge in [-0.2, -0.15) is 0 Å². The first-order chi connectivity index (χ1) is 8.16. The fourth-order valence-electron chi connectivity index (χ4n) is 1.61. The molecular weight excluding hydrogens is 216 g/mol. The van der Waals surface area contributed by atoms with Crippen LogP contribution in [0.5, 0.6) is 0 Å². The van der Waals surface area contributed by atoms with Crippen molar-refractivity contribution in [2.24, 2.45) is 0 Å². The van der Waals surface area contributed by atoms with Crippen LogP contribution in [0.15, 0.2) is 36.1 Å². The summed E-state index contributed by atoms with van der Waals surface area (Å²) >= 11 is 0. The van der Waals surface area contributed by atoms with Crippen LogP contribution in [0.25, 0.3) is 0 Å². The van der Waals surface area contributed by atoms with E-state index in [1.807, 2.05) is 43.3 Å². The van der Waals surface area contributed by atoms with E-state index in [1.54, 1.807) is 0 Å². The third kappa shape index (κ3) is 2.78. The molecule has 90 valence electrons. The average molecular weight is 232 g/mol. The van der Waals surface area contributed by atoms with Crippen LogP contribution in [0.3, 0.4) is 0 Å². The maximum absolute atomic E-state index is 11.8. The molecule has 1 aliphatic heterocycles. The summed E-state index contributed by atoms with van der Waals surface area (Å²) in [5.74, 6) is -0.0832. The summed E-state index contributed by atoms with van der Waals surface area (Å²) in [4.78, 5) is 13.8. The first-order valence-electron chi connectivity index (χ1n) is 5.56. The predicted octanol–water partition coefficient (Wildman–Crippen LogP) is 2.00. The molecule has 0 bridgehead atoms. The molecule has 4 nitrogen and oxygen atoms in total. The van der Waals surface area contributed by atoms with E-state index in [-0.39, 0.29) is 5.91 Å². The lowest BCUT2D eigenvalue weighted by Crippen LogP contribution is -2.14. The topological polar surface area (TPSA) is 41.6 Å². The number of rotatable bonds is 3. The maximum Gasteiger partial charge on any atom is 0.254 e. The molecule has 1 amide bonds. The van der Waals surface area contributed by atoms with Crippen molar-refractivity contribution in [1.82, 2.24) is 0 Å². The Balaban J connectivity index is 2.01. The highest BCUT2D eigenvalue weighted by Gasteiger charge is 2.14. The van der Waals surface area contributed by atoms with E-state index >= 15 is 0 Å². The number of carbonyl (C=O) groups is 1. The Morgan fingerprint density at radius 1 is 1.29 bits per heavy atom. The van der Waals surface area contributed by atoms with Gasteiger partial charge in [0, 0.05) is 31.9 Å². The van der Waals surface area contributed by atoms with Crippen LogP contribution in [0.4, 0.5) is 11.4 Å². The number of anilines is 2. The third-order valence-electron chi connectivity index (χ3n) is 2.65. The number of nitrogens with one attached hydrogen (secondary N) is 1. The molecule has 0 saturated heterocycles. The van der Waals surface area contributed by atoms with Crippen molar-refractivity contribution in [1.29, 1.82) is 0 Å². The Hall–Kier alpha value is -1.97. The van der Waals surface area contributed by atoms with Crippen molar-refractivity contribution in [2.75, 3.05) is 30.9 Å². The predicted molar refractivity (Wildman–Crippen MR) is 68.1 cm³/mol. The van der Waals surface area contributed by atoms with Gasteiger partial charge >= 0.3 is 0 Å². The smallest absolute Gasteiger partial charge is 0.254 e.